The van der Waals surface area contributed by atoms with Crippen LogP contribution >= 0.6 is 0 Å². The number of hydrogen-bond donors (Lipinski definition) is 1. The van der Waals surface area contributed by atoms with Crippen molar-refractivity contribution in [3.63, 3.8) is 0 Å². The molecule has 23 heavy (non-hydrogen) atoms. The second-order valence-corrected chi connectivity index (χ2v) is 6.24. The van der Waals surface area contributed by atoms with Gasteiger partial charge in [-0.2, -0.15) is 0 Å². The fourth-order valence-electron chi connectivity index (χ4n) is 3.17. The largest absolute Gasteiger partial charge is 0.408 e. The molecule has 7 nitrogen and oxygen atoms in total. The van der Waals surface area contributed by atoms with Gasteiger partial charge < -0.3 is 19.4 Å². The Kier molecular flexibility index (Phi) is 5.09. The van der Waals surface area contributed by atoms with Crippen LogP contribution in [0.2, 0.25) is 0 Å². The van der Waals surface area contributed by atoms with E-state index in [2.05, 4.69) is 15.5 Å². The molecule has 8 heteroatoms. The molecule has 2 fully saturated rings. The zero-order chi connectivity index (χ0) is 16.2. The second kappa shape index (κ2) is 7.25. The molecule has 1 amide bonds. The third-order valence-electron chi connectivity index (χ3n) is 4.35. The molecule has 1 aromatic heterocycles. The van der Waals surface area contributed by atoms with Crippen molar-refractivity contribution in [3.05, 3.63) is 5.89 Å². The standard InChI is InChI=1S/C15H23FN4O3/c1-10-18-19-15(23-10)20-9-11(16)6-12(20)8-17-14(21)7-13-4-2-3-5-22-13/h11-13H,2-9H2,1H3,(H,17,21)/t11-,12-,13+/m0/s1. The average molecular weight is 326 g/mol. The third kappa shape index (κ3) is 4.19. The summed E-state index contributed by atoms with van der Waals surface area (Å²) >= 11 is 0. The molecule has 1 aromatic rings. The first-order chi connectivity index (χ1) is 11.1. The molecule has 0 radical (unpaired) electrons. The van der Waals surface area contributed by atoms with Gasteiger partial charge in [-0.3, -0.25) is 4.79 Å². The molecule has 2 saturated heterocycles. The maximum Gasteiger partial charge on any atom is 0.318 e. The van der Waals surface area contributed by atoms with Crippen LogP contribution in [0.15, 0.2) is 4.42 Å². The molecule has 0 saturated carbocycles. The molecule has 0 aromatic carbocycles. The molecule has 3 atom stereocenters. The van der Waals surface area contributed by atoms with Gasteiger partial charge in [-0.15, -0.1) is 5.10 Å². The van der Waals surface area contributed by atoms with E-state index < -0.39 is 6.17 Å². The summed E-state index contributed by atoms with van der Waals surface area (Å²) < 4.78 is 24.7. The van der Waals surface area contributed by atoms with Gasteiger partial charge in [-0.25, -0.2) is 4.39 Å². The van der Waals surface area contributed by atoms with E-state index in [0.29, 0.717) is 31.3 Å². The Hall–Kier alpha value is -1.70. The molecule has 1 N–H and O–H groups in total. The lowest BCUT2D eigenvalue weighted by atomic mass is 10.1. The van der Waals surface area contributed by atoms with E-state index in [1.807, 2.05) is 0 Å². The number of anilines is 1. The summed E-state index contributed by atoms with van der Waals surface area (Å²) in [5, 5.41) is 10.6. The highest BCUT2D eigenvalue weighted by molar-refractivity contribution is 5.76. The first kappa shape index (κ1) is 16.2. The normalized spacial score (nSPS) is 28.1. The predicted octanol–water partition coefficient (Wildman–Crippen LogP) is 1.37. The predicted molar refractivity (Wildman–Crippen MR) is 80.9 cm³/mol. The number of ether oxygens (including phenoxy) is 1. The van der Waals surface area contributed by atoms with Crippen LogP contribution in [0.1, 0.15) is 38.0 Å². The van der Waals surface area contributed by atoms with E-state index >= 15 is 0 Å². The number of carbonyl (C=O) groups is 1. The Labute approximate surface area is 134 Å². The van der Waals surface area contributed by atoms with Gasteiger partial charge >= 0.3 is 6.01 Å². The lowest BCUT2D eigenvalue weighted by Gasteiger charge is -2.24. The molecule has 3 heterocycles. The van der Waals surface area contributed by atoms with Crippen molar-refractivity contribution in [1.29, 1.82) is 0 Å². The number of nitrogens with one attached hydrogen (secondary N) is 1. The van der Waals surface area contributed by atoms with Gasteiger partial charge in [0.2, 0.25) is 11.8 Å². The van der Waals surface area contributed by atoms with Crippen LogP contribution in [0, 0.1) is 6.92 Å². The zero-order valence-corrected chi connectivity index (χ0v) is 13.3. The molecular weight excluding hydrogens is 303 g/mol. The van der Waals surface area contributed by atoms with Crippen LogP contribution in [0.3, 0.4) is 0 Å². The summed E-state index contributed by atoms with van der Waals surface area (Å²) in [5.74, 6) is 0.389. The number of halogens is 1. The number of carbonyl (C=O) groups excluding carboxylic acids is 1. The van der Waals surface area contributed by atoms with Crippen LogP contribution in [0.4, 0.5) is 10.4 Å². The summed E-state index contributed by atoms with van der Waals surface area (Å²) in [4.78, 5) is 13.8. The van der Waals surface area contributed by atoms with Crippen LogP contribution in [-0.4, -0.2) is 54.1 Å². The van der Waals surface area contributed by atoms with E-state index in [4.69, 9.17) is 9.15 Å². The summed E-state index contributed by atoms with van der Waals surface area (Å²) in [6.45, 7) is 3.01. The Balaban J connectivity index is 1.50. The van der Waals surface area contributed by atoms with E-state index in [9.17, 15) is 9.18 Å². The number of rotatable bonds is 5. The van der Waals surface area contributed by atoms with E-state index in [1.165, 1.54) is 0 Å². The number of hydrogen-bond acceptors (Lipinski definition) is 6. The second-order valence-electron chi connectivity index (χ2n) is 6.24. The first-order valence-corrected chi connectivity index (χ1v) is 8.21. The molecule has 0 bridgehead atoms. The number of amides is 1. The van der Waals surface area contributed by atoms with Gasteiger partial charge in [0.25, 0.3) is 0 Å². The quantitative estimate of drug-likeness (QED) is 0.880. The highest BCUT2D eigenvalue weighted by Gasteiger charge is 2.35. The zero-order valence-electron chi connectivity index (χ0n) is 13.3. The minimum Gasteiger partial charge on any atom is -0.408 e. The average Bonchev–Trinajstić information content (AvgIpc) is 3.12. The topological polar surface area (TPSA) is 80.5 Å². The number of aromatic nitrogens is 2. The minimum atomic E-state index is -0.953. The van der Waals surface area contributed by atoms with Crippen molar-refractivity contribution in [3.8, 4) is 0 Å². The van der Waals surface area contributed by atoms with E-state index in [1.54, 1.807) is 11.8 Å². The van der Waals surface area contributed by atoms with Gasteiger partial charge in [0.15, 0.2) is 0 Å². The van der Waals surface area contributed by atoms with Crippen LogP contribution in [0.5, 0.6) is 0 Å². The van der Waals surface area contributed by atoms with E-state index in [-0.39, 0.29) is 24.6 Å². The fraction of sp³-hybridized carbons (Fsp3) is 0.800. The Bertz CT molecular complexity index is 533. The molecule has 2 aliphatic heterocycles. The van der Waals surface area contributed by atoms with Gasteiger partial charge in [0.1, 0.15) is 6.17 Å². The van der Waals surface area contributed by atoms with Crippen molar-refractivity contribution in [2.45, 2.75) is 57.3 Å². The molecule has 2 aliphatic rings. The Morgan fingerprint density at radius 2 is 2.30 bits per heavy atom. The van der Waals surface area contributed by atoms with Gasteiger partial charge in [-0.05, 0) is 19.3 Å². The summed E-state index contributed by atoms with van der Waals surface area (Å²) in [5.41, 5.74) is 0. The molecule has 0 aliphatic carbocycles. The van der Waals surface area contributed by atoms with Gasteiger partial charge in [-0.1, -0.05) is 5.10 Å². The third-order valence-corrected chi connectivity index (χ3v) is 4.35. The minimum absolute atomic E-state index is 0.0101. The number of alkyl halides is 1. The first-order valence-electron chi connectivity index (χ1n) is 8.21. The van der Waals surface area contributed by atoms with Crippen molar-refractivity contribution >= 4 is 11.9 Å². The highest BCUT2D eigenvalue weighted by atomic mass is 19.1. The van der Waals surface area contributed by atoms with Gasteiger partial charge in [0, 0.05) is 26.5 Å². The van der Waals surface area contributed by atoms with Crippen LogP contribution in [-0.2, 0) is 9.53 Å². The van der Waals surface area contributed by atoms with E-state index in [0.717, 1.165) is 25.9 Å². The lowest BCUT2D eigenvalue weighted by molar-refractivity contribution is -0.124. The summed E-state index contributed by atoms with van der Waals surface area (Å²) in [7, 11) is 0. The maximum absolute atomic E-state index is 13.7. The van der Waals surface area contributed by atoms with Crippen molar-refractivity contribution in [2.24, 2.45) is 0 Å². The molecule has 0 spiro atoms. The molecule has 0 unspecified atom stereocenters. The number of nitrogens with zero attached hydrogens (tertiary/aromatic N) is 3. The van der Waals surface area contributed by atoms with Crippen LogP contribution in [0.25, 0.3) is 0 Å². The SMILES string of the molecule is Cc1nnc(N2C[C@@H](F)C[C@H]2CNC(=O)C[C@H]2CCCCO2)o1. The molecule has 3 rings (SSSR count). The Morgan fingerprint density at radius 1 is 1.43 bits per heavy atom. The van der Waals surface area contributed by atoms with Crippen molar-refractivity contribution in [1.82, 2.24) is 15.5 Å². The smallest absolute Gasteiger partial charge is 0.318 e. The van der Waals surface area contributed by atoms with Crippen LogP contribution < -0.4 is 10.2 Å². The highest BCUT2D eigenvalue weighted by Crippen LogP contribution is 2.26. The molecular formula is C15H23FN4O3. The monoisotopic (exact) mass is 326 g/mol. The van der Waals surface area contributed by atoms with Crippen molar-refractivity contribution in [2.75, 3.05) is 24.6 Å². The maximum atomic E-state index is 13.7. The summed E-state index contributed by atoms with van der Waals surface area (Å²) in [6, 6.07) is 0.151. The molecule has 128 valence electrons. The van der Waals surface area contributed by atoms with Gasteiger partial charge in [0.05, 0.1) is 25.1 Å². The number of aryl methyl sites for hydroxylation is 1. The Morgan fingerprint density at radius 3 is 3.00 bits per heavy atom. The lowest BCUT2D eigenvalue weighted by Crippen LogP contribution is -2.41. The summed E-state index contributed by atoms with van der Waals surface area (Å²) in [6.07, 6.45) is 2.87. The van der Waals surface area contributed by atoms with Crippen molar-refractivity contribution < 1.29 is 18.3 Å². The fourth-order valence-corrected chi connectivity index (χ4v) is 3.17.